The van der Waals surface area contributed by atoms with Crippen LogP contribution in [0.2, 0.25) is 0 Å². The number of aromatic hydroxyl groups is 1. The van der Waals surface area contributed by atoms with Crippen molar-refractivity contribution in [1.29, 1.82) is 0 Å². The van der Waals surface area contributed by atoms with Crippen molar-refractivity contribution in [1.82, 2.24) is 0 Å². The number of ether oxygens (including phenoxy) is 3. The lowest BCUT2D eigenvalue weighted by Gasteiger charge is -2.10. The van der Waals surface area contributed by atoms with Gasteiger partial charge in [-0.25, -0.2) is 0 Å². The predicted octanol–water partition coefficient (Wildman–Crippen LogP) is 3.87. The summed E-state index contributed by atoms with van der Waals surface area (Å²) >= 11 is 0. The van der Waals surface area contributed by atoms with E-state index >= 15 is 0 Å². The lowest BCUT2D eigenvalue weighted by atomic mass is 10.1. The molecular weight excluding hydrogens is 294 g/mol. The Morgan fingerprint density at radius 3 is 2.43 bits per heavy atom. The highest BCUT2D eigenvalue weighted by atomic mass is 16.5. The molecule has 0 unspecified atom stereocenters. The Morgan fingerprint density at radius 1 is 1.09 bits per heavy atom. The van der Waals surface area contributed by atoms with Crippen LogP contribution in [-0.2, 0) is 0 Å². The standard InChI is InChI=1S/C18H21NO4/c1-5-23-15-8-6-7-13(18(15)20)11-19-14-10-17(22-4)16(21-3)9-12(14)2/h6-11,20H,5H2,1-4H3. The quantitative estimate of drug-likeness (QED) is 0.822. The molecule has 5 heteroatoms. The summed E-state index contributed by atoms with van der Waals surface area (Å²) in [6.07, 6.45) is 1.60. The van der Waals surface area contributed by atoms with Gasteiger partial charge in [0.15, 0.2) is 23.0 Å². The third kappa shape index (κ3) is 3.74. The van der Waals surface area contributed by atoms with Gasteiger partial charge in [0.2, 0.25) is 0 Å². The SMILES string of the molecule is CCOc1cccc(C=Nc2cc(OC)c(OC)cc2C)c1O. The number of aryl methyl sites for hydroxylation is 1. The van der Waals surface area contributed by atoms with Crippen LogP contribution in [0.5, 0.6) is 23.0 Å². The minimum Gasteiger partial charge on any atom is -0.504 e. The van der Waals surface area contributed by atoms with E-state index in [1.54, 1.807) is 38.6 Å². The average Bonchev–Trinajstić information content (AvgIpc) is 2.56. The summed E-state index contributed by atoms with van der Waals surface area (Å²) in [4.78, 5) is 4.45. The first kappa shape index (κ1) is 16.7. The molecule has 0 saturated heterocycles. The highest BCUT2D eigenvalue weighted by Gasteiger charge is 2.09. The minimum absolute atomic E-state index is 0.0798. The molecule has 0 radical (unpaired) electrons. The summed E-state index contributed by atoms with van der Waals surface area (Å²) < 4.78 is 15.9. The maximum atomic E-state index is 10.2. The number of para-hydroxylation sites is 1. The molecule has 0 aromatic heterocycles. The Bertz CT molecular complexity index is 710. The van der Waals surface area contributed by atoms with Crippen molar-refractivity contribution in [2.24, 2.45) is 4.99 Å². The molecule has 5 nitrogen and oxygen atoms in total. The molecular formula is C18H21NO4. The molecule has 0 fully saturated rings. The van der Waals surface area contributed by atoms with Crippen molar-refractivity contribution in [2.45, 2.75) is 13.8 Å². The molecule has 0 heterocycles. The van der Waals surface area contributed by atoms with E-state index in [9.17, 15) is 5.11 Å². The Kier molecular flexibility index (Phi) is 5.46. The summed E-state index contributed by atoms with van der Waals surface area (Å²) in [5.41, 5.74) is 2.27. The molecule has 0 saturated carbocycles. The summed E-state index contributed by atoms with van der Waals surface area (Å²) in [5.74, 6) is 1.79. The fraction of sp³-hybridized carbons (Fsp3) is 0.278. The number of benzene rings is 2. The van der Waals surface area contributed by atoms with Crippen molar-refractivity contribution < 1.29 is 19.3 Å². The second-order valence-electron chi connectivity index (χ2n) is 4.88. The summed E-state index contributed by atoms with van der Waals surface area (Å²) in [7, 11) is 3.18. The molecule has 0 aliphatic rings. The second kappa shape index (κ2) is 7.54. The number of methoxy groups -OCH3 is 2. The highest BCUT2D eigenvalue weighted by Crippen LogP contribution is 2.35. The van der Waals surface area contributed by atoms with Gasteiger partial charge in [-0.2, -0.15) is 0 Å². The van der Waals surface area contributed by atoms with Gasteiger partial charge in [0, 0.05) is 17.8 Å². The van der Waals surface area contributed by atoms with Gasteiger partial charge in [0.25, 0.3) is 0 Å². The zero-order valence-corrected chi connectivity index (χ0v) is 13.8. The van der Waals surface area contributed by atoms with E-state index in [0.29, 0.717) is 29.4 Å². The summed E-state index contributed by atoms with van der Waals surface area (Å²) in [5, 5.41) is 10.2. The molecule has 122 valence electrons. The fourth-order valence-electron chi connectivity index (χ4n) is 2.16. The molecule has 2 aromatic rings. The summed E-state index contributed by atoms with van der Waals surface area (Å²) in [6.45, 7) is 4.29. The zero-order valence-electron chi connectivity index (χ0n) is 13.8. The summed E-state index contributed by atoms with van der Waals surface area (Å²) in [6, 6.07) is 8.97. The van der Waals surface area contributed by atoms with E-state index in [0.717, 1.165) is 11.3 Å². The first-order chi connectivity index (χ1) is 11.1. The van der Waals surface area contributed by atoms with E-state index in [1.807, 2.05) is 26.0 Å². The van der Waals surface area contributed by atoms with Crippen LogP contribution in [0.4, 0.5) is 5.69 Å². The normalized spacial score (nSPS) is 10.8. The van der Waals surface area contributed by atoms with Gasteiger partial charge in [-0.05, 0) is 37.6 Å². The Labute approximate surface area is 136 Å². The van der Waals surface area contributed by atoms with Crippen molar-refractivity contribution in [3.05, 3.63) is 41.5 Å². The van der Waals surface area contributed by atoms with E-state index < -0.39 is 0 Å². The largest absolute Gasteiger partial charge is 0.504 e. The molecule has 0 aliphatic carbocycles. The number of rotatable bonds is 6. The Hall–Kier alpha value is -2.69. The maximum absolute atomic E-state index is 10.2. The van der Waals surface area contributed by atoms with Gasteiger partial charge in [-0.1, -0.05) is 6.07 Å². The molecule has 0 spiro atoms. The van der Waals surface area contributed by atoms with Crippen LogP contribution in [-0.4, -0.2) is 32.1 Å². The van der Waals surface area contributed by atoms with Crippen molar-refractivity contribution in [3.63, 3.8) is 0 Å². The molecule has 0 atom stereocenters. The van der Waals surface area contributed by atoms with E-state index in [-0.39, 0.29) is 5.75 Å². The number of aliphatic imine (C=N–C) groups is 1. The fourth-order valence-corrected chi connectivity index (χ4v) is 2.16. The third-order valence-corrected chi connectivity index (χ3v) is 3.37. The smallest absolute Gasteiger partial charge is 0.166 e. The first-order valence-corrected chi connectivity index (χ1v) is 7.32. The van der Waals surface area contributed by atoms with Gasteiger partial charge in [-0.15, -0.1) is 0 Å². The van der Waals surface area contributed by atoms with Gasteiger partial charge < -0.3 is 19.3 Å². The second-order valence-corrected chi connectivity index (χ2v) is 4.88. The molecule has 1 N–H and O–H groups in total. The van der Waals surface area contributed by atoms with Crippen LogP contribution in [0.3, 0.4) is 0 Å². The number of phenolic OH excluding ortho intramolecular Hbond substituents is 1. The molecule has 2 aromatic carbocycles. The van der Waals surface area contributed by atoms with Gasteiger partial charge in [-0.3, -0.25) is 4.99 Å². The molecule has 0 amide bonds. The van der Waals surface area contributed by atoms with Crippen molar-refractivity contribution in [3.8, 4) is 23.0 Å². The third-order valence-electron chi connectivity index (χ3n) is 3.37. The predicted molar refractivity (Wildman–Crippen MR) is 90.8 cm³/mol. The van der Waals surface area contributed by atoms with E-state index in [1.165, 1.54) is 0 Å². The lowest BCUT2D eigenvalue weighted by Crippen LogP contribution is -1.94. The number of hydrogen-bond acceptors (Lipinski definition) is 5. The van der Waals surface area contributed by atoms with E-state index in [2.05, 4.69) is 4.99 Å². The molecule has 0 bridgehead atoms. The maximum Gasteiger partial charge on any atom is 0.166 e. The van der Waals surface area contributed by atoms with Crippen LogP contribution in [0.15, 0.2) is 35.3 Å². The number of nitrogens with zero attached hydrogens (tertiary/aromatic N) is 1. The van der Waals surface area contributed by atoms with Crippen LogP contribution in [0, 0.1) is 6.92 Å². The molecule has 0 aliphatic heterocycles. The first-order valence-electron chi connectivity index (χ1n) is 7.32. The molecule has 2 rings (SSSR count). The number of hydrogen-bond donors (Lipinski definition) is 1. The highest BCUT2D eigenvalue weighted by molar-refractivity contribution is 5.87. The van der Waals surface area contributed by atoms with Crippen LogP contribution < -0.4 is 14.2 Å². The van der Waals surface area contributed by atoms with E-state index in [4.69, 9.17) is 14.2 Å². The van der Waals surface area contributed by atoms with Gasteiger partial charge in [0.1, 0.15) is 0 Å². The zero-order chi connectivity index (χ0) is 16.8. The number of phenols is 1. The van der Waals surface area contributed by atoms with Crippen molar-refractivity contribution >= 4 is 11.9 Å². The average molecular weight is 315 g/mol. The topological polar surface area (TPSA) is 60.3 Å². The monoisotopic (exact) mass is 315 g/mol. The minimum atomic E-state index is 0.0798. The van der Waals surface area contributed by atoms with Gasteiger partial charge >= 0.3 is 0 Å². The Morgan fingerprint density at radius 2 is 1.78 bits per heavy atom. The van der Waals surface area contributed by atoms with Crippen molar-refractivity contribution in [2.75, 3.05) is 20.8 Å². The lowest BCUT2D eigenvalue weighted by molar-refractivity contribution is 0.318. The van der Waals surface area contributed by atoms with Crippen LogP contribution in [0.1, 0.15) is 18.1 Å². The van der Waals surface area contributed by atoms with Gasteiger partial charge in [0.05, 0.1) is 26.5 Å². The Balaban J connectivity index is 2.35. The molecule has 23 heavy (non-hydrogen) atoms. The van der Waals surface area contributed by atoms with Crippen LogP contribution >= 0.6 is 0 Å². The van der Waals surface area contributed by atoms with Crippen LogP contribution in [0.25, 0.3) is 0 Å².